The van der Waals surface area contributed by atoms with E-state index in [1.807, 2.05) is 48.5 Å². The molecule has 200 valence electrons. The van der Waals surface area contributed by atoms with Gasteiger partial charge in [0.1, 0.15) is 11.5 Å². The van der Waals surface area contributed by atoms with Crippen molar-refractivity contribution in [2.75, 3.05) is 26.2 Å². The van der Waals surface area contributed by atoms with Crippen LogP contribution in [0.1, 0.15) is 45.1 Å². The summed E-state index contributed by atoms with van der Waals surface area (Å²) >= 11 is 5.92. The van der Waals surface area contributed by atoms with E-state index >= 15 is 0 Å². The Kier molecular flexibility index (Phi) is 7.26. The van der Waals surface area contributed by atoms with Crippen LogP contribution in [0.2, 0.25) is 0 Å². The third-order valence-corrected chi connectivity index (χ3v) is 7.39. The monoisotopic (exact) mass is 542 g/mol. The quantitative estimate of drug-likeness (QED) is 0.243. The van der Waals surface area contributed by atoms with Crippen LogP contribution in [0.5, 0.6) is 11.5 Å². The lowest BCUT2D eigenvalue weighted by Crippen LogP contribution is -2.30. The molecular formula is C30H30N4O4S. The second kappa shape index (κ2) is 10.8. The Morgan fingerprint density at radius 1 is 0.974 bits per heavy atom. The van der Waals surface area contributed by atoms with Crippen molar-refractivity contribution in [2.45, 2.75) is 25.9 Å². The van der Waals surface area contributed by atoms with E-state index < -0.39 is 0 Å². The molecule has 39 heavy (non-hydrogen) atoms. The summed E-state index contributed by atoms with van der Waals surface area (Å²) < 4.78 is 18.2. The van der Waals surface area contributed by atoms with Crippen molar-refractivity contribution in [3.05, 3.63) is 101 Å². The number of methoxy groups -OCH3 is 3. The summed E-state index contributed by atoms with van der Waals surface area (Å²) in [4.78, 5) is 18.7. The van der Waals surface area contributed by atoms with Crippen molar-refractivity contribution in [2.24, 2.45) is 0 Å². The lowest BCUT2D eigenvalue weighted by atomic mass is 9.96. The van der Waals surface area contributed by atoms with Gasteiger partial charge in [-0.15, -0.1) is 0 Å². The summed E-state index contributed by atoms with van der Waals surface area (Å²) in [5.41, 5.74) is 6.34. The summed E-state index contributed by atoms with van der Waals surface area (Å²) in [5.74, 6) is 0.980. The fraction of sp³-hybridized carbons (Fsp3) is 0.233. The van der Waals surface area contributed by atoms with Crippen molar-refractivity contribution in [3.8, 4) is 17.2 Å². The standard InChI is InChI=1S/C30H30N4O4S/c1-18-16-23(19(2)33(18)21-11-9-20(10-12-21)29(35)38-5)28-27(24-8-6-7-15-31-24)32-30(39)34(28)25-14-13-22(36-3)17-26(25)37-4/h6-17,27-28H,1-5H3,(H,32,39)/t27-,28-/m1/s1. The van der Waals surface area contributed by atoms with Crippen LogP contribution < -0.4 is 19.7 Å². The van der Waals surface area contributed by atoms with Gasteiger partial charge in [-0.3, -0.25) is 4.98 Å². The number of aromatic nitrogens is 2. The van der Waals surface area contributed by atoms with Crippen LogP contribution in [0.25, 0.3) is 5.69 Å². The van der Waals surface area contributed by atoms with Gasteiger partial charge >= 0.3 is 5.97 Å². The van der Waals surface area contributed by atoms with E-state index in [9.17, 15) is 4.79 Å². The van der Waals surface area contributed by atoms with E-state index in [4.69, 9.17) is 26.4 Å². The van der Waals surface area contributed by atoms with Gasteiger partial charge in [0.05, 0.1) is 50.4 Å². The van der Waals surface area contributed by atoms with Crippen molar-refractivity contribution in [3.63, 3.8) is 0 Å². The van der Waals surface area contributed by atoms with Crippen LogP contribution in [0.15, 0.2) is 72.9 Å². The second-order valence-corrected chi connectivity index (χ2v) is 9.62. The SMILES string of the molecule is COC(=O)c1ccc(-n2c(C)cc([C@@H]3[C@@H](c4ccccn4)NC(=S)N3c3ccc(OC)cc3OC)c2C)cc1. The first kappa shape index (κ1) is 26.2. The molecule has 0 aliphatic carbocycles. The third kappa shape index (κ3) is 4.70. The van der Waals surface area contributed by atoms with Gasteiger partial charge < -0.3 is 29.0 Å². The molecule has 2 aromatic heterocycles. The zero-order valence-corrected chi connectivity index (χ0v) is 23.3. The lowest BCUT2D eigenvalue weighted by Gasteiger charge is -2.29. The first-order valence-corrected chi connectivity index (χ1v) is 12.9. The number of benzene rings is 2. The largest absolute Gasteiger partial charge is 0.497 e. The zero-order valence-electron chi connectivity index (χ0n) is 22.5. The number of pyridine rings is 1. The molecule has 1 fully saturated rings. The second-order valence-electron chi connectivity index (χ2n) is 9.23. The molecule has 4 aromatic rings. The Morgan fingerprint density at radius 3 is 2.38 bits per heavy atom. The molecule has 2 atom stereocenters. The number of esters is 1. The highest BCUT2D eigenvalue weighted by Crippen LogP contribution is 2.46. The third-order valence-electron chi connectivity index (χ3n) is 7.08. The fourth-order valence-corrected chi connectivity index (χ4v) is 5.60. The molecule has 1 N–H and O–H groups in total. The minimum absolute atomic E-state index is 0.207. The molecule has 1 saturated heterocycles. The van der Waals surface area contributed by atoms with Crippen LogP contribution in [0.4, 0.5) is 5.69 Å². The van der Waals surface area contributed by atoms with Gasteiger partial charge in [0.25, 0.3) is 0 Å². The van der Waals surface area contributed by atoms with E-state index in [-0.39, 0.29) is 18.1 Å². The summed E-state index contributed by atoms with van der Waals surface area (Å²) in [7, 11) is 4.65. The molecule has 0 unspecified atom stereocenters. The maximum absolute atomic E-state index is 12.0. The van der Waals surface area contributed by atoms with Gasteiger partial charge in [0, 0.05) is 29.3 Å². The predicted octanol–water partition coefficient (Wildman–Crippen LogP) is 5.47. The Labute approximate surface area is 233 Å². The number of nitrogens with zero attached hydrogens (tertiary/aromatic N) is 3. The molecule has 0 radical (unpaired) electrons. The Bertz CT molecular complexity index is 1520. The number of hydrogen-bond acceptors (Lipinski definition) is 6. The van der Waals surface area contributed by atoms with Crippen molar-refractivity contribution in [1.29, 1.82) is 0 Å². The molecule has 1 aliphatic heterocycles. The highest BCUT2D eigenvalue weighted by atomic mass is 32.1. The molecular weight excluding hydrogens is 512 g/mol. The Morgan fingerprint density at radius 2 is 1.74 bits per heavy atom. The maximum Gasteiger partial charge on any atom is 0.337 e. The normalized spacial score (nSPS) is 16.6. The van der Waals surface area contributed by atoms with E-state index in [1.165, 1.54) is 7.11 Å². The minimum atomic E-state index is -0.365. The van der Waals surface area contributed by atoms with Gasteiger partial charge in [-0.05, 0) is 86.2 Å². The molecule has 0 bridgehead atoms. The van der Waals surface area contributed by atoms with E-state index in [0.29, 0.717) is 22.2 Å². The first-order valence-electron chi connectivity index (χ1n) is 12.5. The number of aryl methyl sites for hydroxylation is 1. The van der Waals surface area contributed by atoms with Crippen LogP contribution in [-0.4, -0.2) is 42.0 Å². The van der Waals surface area contributed by atoms with Crippen LogP contribution >= 0.6 is 12.2 Å². The highest BCUT2D eigenvalue weighted by molar-refractivity contribution is 7.80. The van der Waals surface area contributed by atoms with Gasteiger partial charge in [-0.2, -0.15) is 0 Å². The van der Waals surface area contributed by atoms with Gasteiger partial charge in [0.2, 0.25) is 0 Å². The Balaban J connectivity index is 1.66. The smallest absolute Gasteiger partial charge is 0.337 e. The first-order chi connectivity index (χ1) is 18.9. The number of thiocarbonyl (C=S) groups is 1. The number of ether oxygens (including phenoxy) is 3. The topological polar surface area (TPSA) is 77.9 Å². The fourth-order valence-electron chi connectivity index (χ4n) is 5.26. The molecule has 0 amide bonds. The molecule has 0 spiro atoms. The molecule has 2 aromatic carbocycles. The van der Waals surface area contributed by atoms with E-state index in [1.54, 1.807) is 32.5 Å². The summed E-state index contributed by atoms with van der Waals surface area (Å²) in [6, 6.07) is 20.8. The Hall–Kier alpha value is -4.37. The molecule has 8 nitrogen and oxygen atoms in total. The average molecular weight is 543 g/mol. The minimum Gasteiger partial charge on any atom is -0.497 e. The van der Waals surface area contributed by atoms with E-state index in [0.717, 1.165) is 34.0 Å². The number of rotatable bonds is 7. The average Bonchev–Trinajstić information content (AvgIpc) is 3.47. The van der Waals surface area contributed by atoms with Gasteiger partial charge in [-0.25, -0.2) is 4.79 Å². The lowest BCUT2D eigenvalue weighted by molar-refractivity contribution is 0.0600. The van der Waals surface area contributed by atoms with Crippen LogP contribution in [-0.2, 0) is 4.74 Å². The molecule has 1 aliphatic rings. The van der Waals surface area contributed by atoms with Crippen molar-refractivity contribution in [1.82, 2.24) is 14.9 Å². The molecule has 5 rings (SSSR count). The molecule has 3 heterocycles. The number of anilines is 1. The summed E-state index contributed by atoms with van der Waals surface area (Å²) in [5, 5.41) is 4.09. The highest BCUT2D eigenvalue weighted by Gasteiger charge is 2.43. The van der Waals surface area contributed by atoms with Gasteiger partial charge in [-0.1, -0.05) is 6.07 Å². The maximum atomic E-state index is 12.0. The van der Waals surface area contributed by atoms with Crippen LogP contribution in [0, 0.1) is 13.8 Å². The zero-order chi connectivity index (χ0) is 27.7. The van der Waals surface area contributed by atoms with Gasteiger partial charge in [0.15, 0.2) is 5.11 Å². The number of carbonyl (C=O) groups is 1. The summed E-state index contributed by atoms with van der Waals surface area (Å²) in [6.07, 6.45) is 1.79. The molecule has 0 saturated carbocycles. The number of nitrogens with one attached hydrogen (secondary N) is 1. The number of hydrogen-bond donors (Lipinski definition) is 1. The molecule has 9 heteroatoms. The van der Waals surface area contributed by atoms with Crippen molar-refractivity contribution >= 4 is 29.0 Å². The summed E-state index contributed by atoms with van der Waals surface area (Å²) in [6.45, 7) is 4.16. The number of carbonyl (C=O) groups excluding carboxylic acids is 1. The van der Waals surface area contributed by atoms with E-state index in [2.05, 4.69) is 39.7 Å². The predicted molar refractivity (Wildman–Crippen MR) is 154 cm³/mol. The van der Waals surface area contributed by atoms with Crippen LogP contribution in [0.3, 0.4) is 0 Å². The van der Waals surface area contributed by atoms with Crippen molar-refractivity contribution < 1.29 is 19.0 Å².